The number of rotatable bonds is 7. The Morgan fingerprint density at radius 3 is 2.58 bits per heavy atom. The van der Waals surface area contributed by atoms with Crippen molar-refractivity contribution in [3.63, 3.8) is 0 Å². The first kappa shape index (κ1) is 20.5. The van der Waals surface area contributed by atoms with Crippen LogP contribution in [0.15, 0.2) is 53.6 Å². The van der Waals surface area contributed by atoms with Gasteiger partial charge in [-0.05, 0) is 17.5 Å². The van der Waals surface area contributed by atoms with Gasteiger partial charge in [0.2, 0.25) is 5.91 Å². The van der Waals surface area contributed by atoms with E-state index in [0.717, 1.165) is 10.9 Å². The molecule has 4 rings (SSSR count). The molecule has 0 saturated heterocycles. The largest absolute Gasteiger partial charge is 0.493 e. The lowest BCUT2D eigenvalue weighted by molar-refractivity contribution is -0.121. The Balaban J connectivity index is 1.55. The van der Waals surface area contributed by atoms with Crippen molar-refractivity contribution in [2.75, 3.05) is 20.8 Å². The minimum Gasteiger partial charge on any atom is -0.493 e. The van der Waals surface area contributed by atoms with Crippen LogP contribution in [0, 0.1) is 0 Å². The number of fused-ring (bicyclic) bond motifs is 3. The lowest BCUT2D eigenvalue weighted by atomic mass is 10.0. The number of hydrogen-bond acceptors (Lipinski definition) is 5. The van der Waals surface area contributed by atoms with Gasteiger partial charge in [0.15, 0.2) is 11.5 Å². The number of methoxy groups -OCH3 is 2. The van der Waals surface area contributed by atoms with Crippen LogP contribution >= 0.6 is 0 Å². The van der Waals surface area contributed by atoms with E-state index in [0.29, 0.717) is 34.6 Å². The topological polar surface area (TPSA) is 98.2 Å². The van der Waals surface area contributed by atoms with Crippen molar-refractivity contribution in [1.82, 2.24) is 19.9 Å². The van der Waals surface area contributed by atoms with Crippen LogP contribution in [0.5, 0.6) is 11.5 Å². The van der Waals surface area contributed by atoms with Crippen LogP contribution in [0.4, 0.5) is 0 Å². The smallest absolute Gasteiger partial charge is 0.278 e. The second-order valence-corrected chi connectivity index (χ2v) is 7.39. The molecule has 0 spiro atoms. The number of nitrogens with zero attached hydrogens (tertiary/aromatic N) is 2. The molecule has 8 nitrogen and oxygen atoms in total. The standard InChI is InChI=1S/C23H24N4O4/c1-14(15-7-5-4-6-8-15)11-24-20(28)12-27-13-25-21-16-9-18(30-2)19(31-3)10-17(16)26-22(21)23(27)29/h4-10,13-14,26H,11-12H2,1-3H3,(H,24,28). The normalized spacial score (nSPS) is 12.1. The van der Waals surface area contributed by atoms with Crippen LogP contribution < -0.4 is 20.3 Å². The number of ether oxygens (including phenoxy) is 2. The summed E-state index contributed by atoms with van der Waals surface area (Å²) in [5.41, 5.74) is 2.39. The highest BCUT2D eigenvalue weighted by atomic mass is 16.5. The molecule has 0 aliphatic heterocycles. The molecule has 0 saturated carbocycles. The van der Waals surface area contributed by atoms with E-state index in [1.807, 2.05) is 37.3 Å². The summed E-state index contributed by atoms with van der Waals surface area (Å²) in [5.74, 6) is 1.02. The van der Waals surface area contributed by atoms with E-state index >= 15 is 0 Å². The van der Waals surface area contributed by atoms with Gasteiger partial charge in [0, 0.05) is 18.0 Å². The van der Waals surface area contributed by atoms with Gasteiger partial charge in [0.25, 0.3) is 5.56 Å². The molecule has 31 heavy (non-hydrogen) atoms. The maximum absolute atomic E-state index is 13.0. The number of aromatic amines is 1. The number of carbonyl (C=O) groups is 1. The molecule has 0 bridgehead atoms. The van der Waals surface area contributed by atoms with E-state index in [-0.39, 0.29) is 23.9 Å². The van der Waals surface area contributed by atoms with Crippen molar-refractivity contribution < 1.29 is 14.3 Å². The fourth-order valence-electron chi connectivity index (χ4n) is 3.61. The number of H-pyrrole nitrogens is 1. The first-order valence-corrected chi connectivity index (χ1v) is 9.96. The van der Waals surface area contributed by atoms with Gasteiger partial charge in [-0.15, -0.1) is 0 Å². The highest BCUT2D eigenvalue weighted by Crippen LogP contribution is 2.34. The summed E-state index contributed by atoms with van der Waals surface area (Å²) in [4.78, 5) is 32.9. The molecular weight excluding hydrogens is 396 g/mol. The van der Waals surface area contributed by atoms with E-state index in [1.165, 1.54) is 10.9 Å². The first-order valence-electron chi connectivity index (χ1n) is 9.96. The number of amides is 1. The Morgan fingerprint density at radius 2 is 1.87 bits per heavy atom. The van der Waals surface area contributed by atoms with Crippen LogP contribution in [-0.2, 0) is 11.3 Å². The quantitative estimate of drug-likeness (QED) is 0.479. The maximum atomic E-state index is 13.0. The molecule has 1 unspecified atom stereocenters. The third-order valence-electron chi connectivity index (χ3n) is 5.36. The van der Waals surface area contributed by atoms with Crippen LogP contribution in [0.3, 0.4) is 0 Å². The SMILES string of the molecule is COc1cc2[nH]c3c(=O)n(CC(=O)NCC(C)c4ccccc4)cnc3c2cc1OC. The third-order valence-corrected chi connectivity index (χ3v) is 5.36. The van der Waals surface area contributed by atoms with Gasteiger partial charge in [-0.25, -0.2) is 4.98 Å². The van der Waals surface area contributed by atoms with Crippen LogP contribution in [-0.4, -0.2) is 41.2 Å². The molecule has 1 amide bonds. The van der Waals surface area contributed by atoms with Crippen molar-refractivity contribution in [1.29, 1.82) is 0 Å². The summed E-state index contributed by atoms with van der Waals surface area (Å²) in [6.07, 6.45) is 1.40. The van der Waals surface area contributed by atoms with E-state index in [1.54, 1.807) is 26.4 Å². The summed E-state index contributed by atoms with van der Waals surface area (Å²) < 4.78 is 12.0. The average molecular weight is 420 g/mol. The minimum atomic E-state index is -0.314. The number of carbonyl (C=O) groups excluding carboxylic acids is 1. The molecule has 2 N–H and O–H groups in total. The Bertz CT molecular complexity index is 1290. The fourth-order valence-corrected chi connectivity index (χ4v) is 3.61. The molecule has 4 aromatic rings. The fraction of sp³-hybridized carbons (Fsp3) is 0.261. The van der Waals surface area contributed by atoms with Gasteiger partial charge >= 0.3 is 0 Å². The predicted molar refractivity (Wildman–Crippen MR) is 119 cm³/mol. The molecule has 2 aromatic heterocycles. The van der Waals surface area contributed by atoms with Crippen LogP contribution in [0.25, 0.3) is 21.9 Å². The lowest BCUT2D eigenvalue weighted by Gasteiger charge is -2.13. The van der Waals surface area contributed by atoms with Crippen molar-refractivity contribution in [2.45, 2.75) is 19.4 Å². The average Bonchev–Trinajstić information content (AvgIpc) is 3.17. The molecule has 2 heterocycles. The number of aromatic nitrogens is 3. The second-order valence-electron chi connectivity index (χ2n) is 7.39. The zero-order valence-corrected chi connectivity index (χ0v) is 17.6. The number of nitrogens with one attached hydrogen (secondary N) is 2. The third kappa shape index (κ3) is 3.96. The number of hydrogen-bond donors (Lipinski definition) is 2. The van der Waals surface area contributed by atoms with Gasteiger partial charge in [-0.1, -0.05) is 37.3 Å². The first-order chi connectivity index (χ1) is 15.0. The monoisotopic (exact) mass is 420 g/mol. The van der Waals surface area contributed by atoms with E-state index in [9.17, 15) is 9.59 Å². The Hall–Kier alpha value is -3.81. The zero-order valence-electron chi connectivity index (χ0n) is 17.6. The highest BCUT2D eigenvalue weighted by molar-refractivity contribution is 6.05. The van der Waals surface area contributed by atoms with Crippen molar-refractivity contribution in [3.05, 3.63) is 64.7 Å². The molecule has 0 radical (unpaired) electrons. The summed E-state index contributed by atoms with van der Waals surface area (Å²) in [5, 5.41) is 3.64. The predicted octanol–water partition coefficient (Wildman–Crippen LogP) is 2.81. The molecule has 0 fully saturated rings. The van der Waals surface area contributed by atoms with Crippen molar-refractivity contribution in [3.8, 4) is 11.5 Å². The van der Waals surface area contributed by atoms with Gasteiger partial charge in [0.1, 0.15) is 17.6 Å². The van der Waals surface area contributed by atoms with Crippen LogP contribution in [0.2, 0.25) is 0 Å². The van der Waals surface area contributed by atoms with Gasteiger partial charge in [-0.3, -0.25) is 14.2 Å². The maximum Gasteiger partial charge on any atom is 0.278 e. The highest BCUT2D eigenvalue weighted by Gasteiger charge is 2.16. The summed E-state index contributed by atoms with van der Waals surface area (Å²) in [7, 11) is 3.10. The molecular formula is C23H24N4O4. The molecule has 2 aromatic carbocycles. The summed E-state index contributed by atoms with van der Waals surface area (Å²) in [6, 6.07) is 13.5. The van der Waals surface area contributed by atoms with Crippen molar-refractivity contribution >= 4 is 27.8 Å². The van der Waals surface area contributed by atoms with Gasteiger partial charge in [0.05, 0.1) is 26.1 Å². The Morgan fingerprint density at radius 1 is 1.16 bits per heavy atom. The van der Waals surface area contributed by atoms with Crippen LogP contribution in [0.1, 0.15) is 18.4 Å². The van der Waals surface area contributed by atoms with Crippen molar-refractivity contribution in [2.24, 2.45) is 0 Å². The lowest BCUT2D eigenvalue weighted by Crippen LogP contribution is -2.34. The molecule has 1 atom stereocenters. The summed E-state index contributed by atoms with van der Waals surface area (Å²) >= 11 is 0. The van der Waals surface area contributed by atoms with Gasteiger partial charge in [-0.2, -0.15) is 0 Å². The second kappa shape index (κ2) is 8.51. The molecule has 0 aliphatic rings. The number of benzene rings is 2. The Labute approximate surface area is 178 Å². The van der Waals surface area contributed by atoms with E-state index in [2.05, 4.69) is 15.3 Å². The van der Waals surface area contributed by atoms with E-state index in [4.69, 9.17) is 9.47 Å². The van der Waals surface area contributed by atoms with Gasteiger partial charge < -0.3 is 19.8 Å². The Kier molecular flexibility index (Phi) is 5.62. The molecule has 8 heteroatoms. The zero-order chi connectivity index (χ0) is 22.0. The summed E-state index contributed by atoms with van der Waals surface area (Å²) in [6.45, 7) is 2.42. The van der Waals surface area contributed by atoms with E-state index < -0.39 is 0 Å². The minimum absolute atomic E-state index is 0.106. The molecule has 0 aliphatic carbocycles. The molecule has 160 valence electrons.